The lowest BCUT2D eigenvalue weighted by molar-refractivity contribution is -0.384. The fraction of sp³-hybridized carbons (Fsp3) is 0.176. The average molecular weight is 383 g/mol. The molecule has 0 aliphatic rings. The van der Waals surface area contributed by atoms with Crippen molar-refractivity contribution in [1.29, 1.82) is 0 Å². The molecule has 3 rings (SSSR count). The third-order valence-corrected chi connectivity index (χ3v) is 3.93. The predicted molar refractivity (Wildman–Crippen MR) is 97.5 cm³/mol. The molecule has 144 valence electrons. The normalized spacial score (nSPS) is 10.5. The van der Waals surface area contributed by atoms with E-state index in [1.807, 2.05) is 19.9 Å². The zero-order valence-corrected chi connectivity index (χ0v) is 15.1. The molecule has 1 aromatic carbocycles. The fourth-order valence-corrected chi connectivity index (χ4v) is 2.64. The van der Waals surface area contributed by atoms with E-state index in [4.69, 9.17) is 0 Å². The summed E-state index contributed by atoms with van der Waals surface area (Å²) in [6.07, 6.45) is 4.46. The van der Waals surface area contributed by atoms with Crippen LogP contribution in [0.3, 0.4) is 0 Å². The summed E-state index contributed by atoms with van der Waals surface area (Å²) in [6, 6.07) is 5.82. The smallest absolute Gasteiger partial charge is 0.294 e. The fourth-order valence-electron chi connectivity index (χ4n) is 2.64. The van der Waals surface area contributed by atoms with Crippen molar-refractivity contribution in [1.82, 2.24) is 30.2 Å². The molecular weight excluding hydrogens is 366 g/mol. The monoisotopic (exact) mass is 383 g/mol. The number of nitro groups is 1. The first kappa shape index (κ1) is 18.8. The molecule has 2 aromatic heterocycles. The molecule has 0 saturated carbocycles. The van der Waals surface area contributed by atoms with Gasteiger partial charge in [0.05, 0.1) is 16.9 Å². The predicted octanol–water partition coefficient (Wildman–Crippen LogP) is 1.06. The number of carbonyl (C=O) groups excluding carboxylic acids is 2. The topological polar surface area (TPSA) is 137 Å². The maximum Gasteiger partial charge on any atom is 0.294 e. The number of hydrogen-bond donors (Lipinski definition) is 2. The second kappa shape index (κ2) is 7.70. The molecule has 11 nitrogen and oxygen atoms in total. The van der Waals surface area contributed by atoms with Gasteiger partial charge in [0, 0.05) is 29.7 Å². The summed E-state index contributed by atoms with van der Waals surface area (Å²) >= 11 is 0. The van der Waals surface area contributed by atoms with Crippen molar-refractivity contribution in [2.24, 2.45) is 0 Å². The van der Waals surface area contributed by atoms with Gasteiger partial charge in [-0.15, -0.1) is 0 Å². The number of nitrogens with zero attached hydrogens (tertiary/aromatic N) is 5. The van der Waals surface area contributed by atoms with Crippen LogP contribution in [0.5, 0.6) is 0 Å². The first-order chi connectivity index (χ1) is 13.3. The van der Waals surface area contributed by atoms with Crippen LogP contribution >= 0.6 is 0 Å². The second-order valence-electron chi connectivity index (χ2n) is 6.02. The van der Waals surface area contributed by atoms with Crippen molar-refractivity contribution in [2.45, 2.75) is 20.4 Å². The number of aromatic nitrogens is 4. The molecule has 3 aromatic rings. The molecule has 0 spiro atoms. The van der Waals surface area contributed by atoms with Crippen molar-refractivity contribution >= 4 is 17.5 Å². The van der Waals surface area contributed by atoms with E-state index in [0.29, 0.717) is 0 Å². The number of aryl methyl sites for hydroxylation is 2. The molecule has 0 fully saturated rings. The highest BCUT2D eigenvalue weighted by Gasteiger charge is 2.19. The molecule has 2 amide bonds. The van der Waals surface area contributed by atoms with Crippen molar-refractivity contribution in [3.8, 4) is 5.69 Å². The van der Waals surface area contributed by atoms with Crippen molar-refractivity contribution in [3.63, 3.8) is 0 Å². The Kier molecular flexibility index (Phi) is 5.16. The Labute approximate surface area is 159 Å². The number of carbonyl (C=O) groups is 2. The molecule has 0 aliphatic carbocycles. The van der Waals surface area contributed by atoms with E-state index in [2.05, 4.69) is 20.9 Å². The number of nitrogens with one attached hydrogen (secondary N) is 2. The molecule has 0 unspecified atom stereocenters. The van der Waals surface area contributed by atoms with Crippen LogP contribution < -0.4 is 10.9 Å². The number of imidazole rings is 1. The summed E-state index contributed by atoms with van der Waals surface area (Å²) < 4.78 is 2.97. The molecule has 0 atom stereocenters. The minimum absolute atomic E-state index is 0.0296. The van der Waals surface area contributed by atoms with Crippen LogP contribution in [0.2, 0.25) is 0 Å². The number of benzene rings is 1. The van der Waals surface area contributed by atoms with Gasteiger partial charge in [0.25, 0.3) is 17.5 Å². The van der Waals surface area contributed by atoms with Crippen LogP contribution in [0, 0.1) is 24.0 Å². The Balaban J connectivity index is 1.69. The first-order valence-electron chi connectivity index (χ1n) is 8.22. The largest absolute Gasteiger partial charge is 0.300 e. The molecular formula is C17H17N7O4. The van der Waals surface area contributed by atoms with Crippen LogP contribution in [-0.4, -0.2) is 36.1 Å². The lowest BCUT2D eigenvalue weighted by atomic mass is 10.1. The number of nitro benzene ring substituents is 1. The van der Waals surface area contributed by atoms with Crippen LogP contribution in [0.15, 0.2) is 43.0 Å². The molecule has 0 saturated heterocycles. The summed E-state index contributed by atoms with van der Waals surface area (Å²) in [6.45, 7) is 3.55. The minimum Gasteiger partial charge on any atom is -0.300 e. The zero-order valence-electron chi connectivity index (χ0n) is 15.1. The summed E-state index contributed by atoms with van der Waals surface area (Å²) in [4.78, 5) is 38.9. The Morgan fingerprint density at radius 1 is 1.21 bits per heavy atom. The highest BCUT2D eigenvalue weighted by atomic mass is 16.6. The molecule has 0 bridgehead atoms. The van der Waals surface area contributed by atoms with Crippen LogP contribution in [0.4, 0.5) is 5.69 Å². The van der Waals surface area contributed by atoms with E-state index < -0.39 is 16.7 Å². The first-order valence-corrected chi connectivity index (χ1v) is 8.22. The van der Waals surface area contributed by atoms with Gasteiger partial charge in [-0.25, -0.2) is 4.98 Å². The summed E-state index contributed by atoms with van der Waals surface area (Å²) in [7, 11) is 0. The highest BCUT2D eigenvalue weighted by Crippen LogP contribution is 2.24. The third kappa shape index (κ3) is 4.03. The average Bonchev–Trinajstić information content (AvgIpc) is 3.29. The second-order valence-corrected chi connectivity index (χ2v) is 6.02. The van der Waals surface area contributed by atoms with E-state index in [-0.39, 0.29) is 23.5 Å². The Morgan fingerprint density at radius 3 is 2.61 bits per heavy atom. The van der Waals surface area contributed by atoms with Gasteiger partial charge in [0.1, 0.15) is 12.2 Å². The van der Waals surface area contributed by atoms with E-state index in [1.54, 1.807) is 6.20 Å². The minimum atomic E-state index is -0.679. The van der Waals surface area contributed by atoms with Gasteiger partial charge >= 0.3 is 0 Å². The third-order valence-electron chi connectivity index (χ3n) is 3.93. The Morgan fingerprint density at radius 2 is 2.00 bits per heavy atom. The molecule has 2 N–H and O–H groups in total. The van der Waals surface area contributed by atoms with Gasteiger partial charge < -0.3 is 4.57 Å². The highest BCUT2D eigenvalue weighted by molar-refractivity contribution is 5.96. The molecule has 28 heavy (non-hydrogen) atoms. The number of hydrazine groups is 1. The SMILES string of the molecule is Cc1cc(C)n(CC(=O)NNC(=O)c2ccc(-n3ccnc3)c([N+](=O)[O-])c2)n1. The van der Waals surface area contributed by atoms with Crippen LogP contribution in [0.1, 0.15) is 21.7 Å². The van der Waals surface area contributed by atoms with Gasteiger partial charge in [-0.1, -0.05) is 0 Å². The van der Waals surface area contributed by atoms with Crippen molar-refractivity contribution < 1.29 is 14.5 Å². The van der Waals surface area contributed by atoms with Crippen LogP contribution in [0.25, 0.3) is 5.69 Å². The molecule has 11 heteroatoms. The van der Waals surface area contributed by atoms with E-state index in [9.17, 15) is 19.7 Å². The summed E-state index contributed by atoms with van der Waals surface area (Å²) in [5.74, 6) is -1.16. The number of rotatable bonds is 5. The van der Waals surface area contributed by atoms with Crippen molar-refractivity contribution in [2.75, 3.05) is 0 Å². The van der Waals surface area contributed by atoms with Gasteiger partial charge in [-0.05, 0) is 32.0 Å². The standard InChI is InChI=1S/C17H17N7O4/c1-11-7-12(2)23(21-11)9-16(25)19-20-17(26)13-3-4-14(15(8-13)24(27)28)22-6-5-18-10-22/h3-8,10H,9H2,1-2H3,(H,19,25)(H,20,26). The van der Waals surface area contributed by atoms with Gasteiger partial charge in [-0.2, -0.15) is 5.10 Å². The number of hydrogen-bond acceptors (Lipinski definition) is 6. The number of amides is 2. The maximum absolute atomic E-state index is 12.3. The van der Waals surface area contributed by atoms with Gasteiger partial charge in [0.2, 0.25) is 0 Å². The molecule has 2 heterocycles. The molecule has 0 radical (unpaired) electrons. The Bertz CT molecular complexity index is 1040. The summed E-state index contributed by atoms with van der Waals surface area (Å²) in [5, 5.41) is 15.5. The zero-order chi connectivity index (χ0) is 20.3. The van der Waals surface area contributed by atoms with Gasteiger partial charge in [0.15, 0.2) is 0 Å². The van der Waals surface area contributed by atoms with Gasteiger partial charge in [-0.3, -0.25) is 35.2 Å². The quantitative estimate of drug-likeness (QED) is 0.499. The lowest BCUT2D eigenvalue weighted by Crippen LogP contribution is -2.43. The van der Waals surface area contributed by atoms with E-state index in [0.717, 1.165) is 17.5 Å². The lowest BCUT2D eigenvalue weighted by Gasteiger charge is -2.09. The summed E-state index contributed by atoms with van der Waals surface area (Å²) in [5.41, 5.74) is 6.14. The maximum atomic E-state index is 12.3. The van der Waals surface area contributed by atoms with Crippen molar-refractivity contribution in [3.05, 3.63) is 70.1 Å². The van der Waals surface area contributed by atoms with E-state index >= 15 is 0 Å². The molecule has 0 aliphatic heterocycles. The van der Waals surface area contributed by atoms with E-state index in [1.165, 1.54) is 33.9 Å². The Hall–Kier alpha value is -4.02. The van der Waals surface area contributed by atoms with Crippen LogP contribution in [-0.2, 0) is 11.3 Å².